The molecule has 0 aliphatic carbocycles. The Kier molecular flexibility index (Phi) is 4.98. The minimum absolute atomic E-state index is 0.198. The zero-order valence-electron chi connectivity index (χ0n) is 16.2. The Morgan fingerprint density at radius 2 is 1.81 bits per heavy atom. The highest BCUT2D eigenvalue weighted by Crippen LogP contribution is 2.55. The van der Waals surface area contributed by atoms with Crippen molar-refractivity contribution in [1.29, 1.82) is 0 Å². The molecule has 0 fully saturated rings. The molecule has 142 valence electrons. The lowest BCUT2D eigenvalue weighted by Crippen LogP contribution is -2.32. The van der Waals surface area contributed by atoms with Crippen molar-refractivity contribution in [2.75, 3.05) is 18.6 Å². The standard InChI is InChI=1S/C22H26BrN2OP/c1-22(2,3)21-19-17(24-27-21)13-25(15-11-9-14(23)10-12-15)20(19)16-7-5-6-8-18(16)26-4/h5-12,20-21,24,27H,13H2,1-4H3. The Bertz CT molecular complexity index is 873. The van der Waals surface area contributed by atoms with E-state index in [1.54, 1.807) is 7.11 Å². The van der Waals surface area contributed by atoms with Gasteiger partial charge in [0.05, 0.1) is 19.7 Å². The number of ether oxygens (including phenoxy) is 1. The van der Waals surface area contributed by atoms with Gasteiger partial charge in [0.2, 0.25) is 0 Å². The highest BCUT2D eigenvalue weighted by molar-refractivity contribution is 9.10. The van der Waals surface area contributed by atoms with E-state index >= 15 is 0 Å². The van der Waals surface area contributed by atoms with E-state index in [0.717, 1.165) is 25.5 Å². The highest BCUT2D eigenvalue weighted by atomic mass is 79.9. The lowest BCUT2D eigenvalue weighted by Gasteiger charge is -2.36. The molecule has 2 aliphatic heterocycles. The maximum Gasteiger partial charge on any atom is 0.124 e. The average Bonchev–Trinajstić information content (AvgIpc) is 3.21. The van der Waals surface area contributed by atoms with Crippen LogP contribution in [-0.2, 0) is 0 Å². The third-order valence-corrected chi connectivity index (χ3v) is 7.86. The maximum atomic E-state index is 5.76. The lowest BCUT2D eigenvalue weighted by molar-refractivity contribution is 0.398. The van der Waals surface area contributed by atoms with E-state index in [2.05, 4.69) is 89.2 Å². The smallest absolute Gasteiger partial charge is 0.124 e. The van der Waals surface area contributed by atoms with Crippen LogP contribution >= 0.6 is 24.7 Å². The van der Waals surface area contributed by atoms with Crippen LogP contribution in [-0.4, -0.2) is 19.3 Å². The molecular formula is C22H26BrN2OP. The van der Waals surface area contributed by atoms with Crippen LogP contribution in [0.1, 0.15) is 32.4 Å². The SMILES string of the molecule is COc1ccccc1C1C2=C(CN1c1ccc(Br)cc1)NPC2C(C)(C)C. The molecule has 0 amide bonds. The second-order valence-electron chi connectivity index (χ2n) is 8.25. The van der Waals surface area contributed by atoms with Crippen molar-refractivity contribution < 1.29 is 4.74 Å². The summed E-state index contributed by atoms with van der Waals surface area (Å²) in [5.41, 5.74) is 6.17. The molecule has 3 unspecified atom stereocenters. The van der Waals surface area contributed by atoms with Crippen LogP contribution in [0.4, 0.5) is 5.69 Å². The monoisotopic (exact) mass is 444 g/mol. The van der Waals surface area contributed by atoms with Crippen LogP contribution in [0.3, 0.4) is 0 Å². The fourth-order valence-electron chi connectivity index (χ4n) is 4.15. The number of hydrogen-bond donors (Lipinski definition) is 1. The first-order valence-corrected chi connectivity index (χ1v) is 11.2. The van der Waals surface area contributed by atoms with Crippen molar-refractivity contribution >= 4 is 30.3 Å². The number of methoxy groups -OCH3 is 1. The van der Waals surface area contributed by atoms with E-state index in [1.165, 1.54) is 22.5 Å². The summed E-state index contributed by atoms with van der Waals surface area (Å²) in [4.78, 5) is 2.50. The third-order valence-electron chi connectivity index (χ3n) is 5.42. The molecule has 4 rings (SSSR count). The van der Waals surface area contributed by atoms with Crippen LogP contribution in [0.15, 0.2) is 64.3 Å². The van der Waals surface area contributed by atoms with Crippen LogP contribution in [0.2, 0.25) is 0 Å². The van der Waals surface area contributed by atoms with Gasteiger partial charge in [0.1, 0.15) is 5.75 Å². The van der Waals surface area contributed by atoms with Gasteiger partial charge in [-0.1, -0.05) is 54.9 Å². The second kappa shape index (κ2) is 7.14. The molecule has 0 saturated carbocycles. The molecule has 1 N–H and O–H groups in total. The largest absolute Gasteiger partial charge is 0.496 e. The topological polar surface area (TPSA) is 24.5 Å². The van der Waals surface area contributed by atoms with Crippen molar-refractivity contribution in [3.8, 4) is 5.75 Å². The zero-order chi connectivity index (χ0) is 19.2. The summed E-state index contributed by atoms with van der Waals surface area (Å²) >= 11 is 3.56. The molecular weight excluding hydrogens is 419 g/mol. The molecule has 0 saturated heterocycles. The van der Waals surface area contributed by atoms with Crippen LogP contribution < -0.4 is 14.7 Å². The molecule has 3 nitrogen and oxygen atoms in total. The van der Waals surface area contributed by atoms with Crippen molar-refractivity contribution in [3.05, 3.63) is 69.8 Å². The number of rotatable bonds is 3. The molecule has 27 heavy (non-hydrogen) atoms. The van der Waals surface area contributed by atoms with Crippen molar-refractivity contribution in [2.24, 2.45) is 5.41 Å². The molecule has 3 atom stereocenters. The predicted octanol–water partition coefficient (Wildman–Crippen LogP) is 5.88. The van der Waals surface area contributed by atoms with E-state index in [-0.39, 0.29) is 11.5 Å². The summed E-state index contributed by atoms with van der Waals surface area (Å²) in [5.74, 6) is 0.959. The summed E-state index contributed by atoms with van der Waals surface area (Å²) in [6, 6.07) is 17.3. The summed E-state index contributed by atoms with van der Waals surface area (Å²) in [6.07, 6.45) is 0. The minimum Gasteiger partial charge on any atom is -0.496 e. The Hall–Kier alpha value is -1.51. The van der Waals surface area contributed by atoms with Crippen LogP contribution in [0.25, 0.3) is 0 Å². The van der Waals surface area contributed by atoms with E-state index in [0.29, 0.717) is 5.66 Å². The number of halogens is 1. The van der Waals surface area contributed by atoms with E-state index in [1.807, 2.05) is 6.07 Å². The molecule has 2 heterocycles. The molecule has 0 bridgehead atoms. The van der Waals surface area contributed by atoms with Gasteiger partial charge in [-0.2, -0.15) is 0 Å². The molecule has 2 aromatic rings. The Balaban J connectivity index is 1.84. The lowest BCUT2D eigenvalue weighted by atomic mass is 9.82. The van der Waals surface area contributed by atoms with E-state index < -0.39 is 0 Å². The normalized spacial score (nSPS) is 22.9. The maximum absolute atomic E-state index is 5.76. The highest BCUT2D eigenvalue weighted by Gasteiger charge is 2.46. The number of anilines is 1. The molecule has 2 aromatic carbocycles. The second-order valence-corrected chi connectivity index (χ2v) is 10.3. The summed E-state index contributed by atoms with van der Waals surface area (Å²) in [6.45, 7) is 7.97. The van der Waals surface area contributed by atoms with Crippen LogP contribution in [0.5, 0.6) is 5.75 Å². The number of para-hydroxylation sites is 1. The van der Waals surface area contributed by atoms with E-state index in [9.17, 15) is 0 Å². The Labute approximate surface area is 172 Å². The van der Waals surface area contributed by atoms with Crippen molar-refractivity contribution in [3.63, 3.8) is 0 Å². The molecule has 0 aromatic heterocycles. The van der Waals surface area contributed by atoms with Gasteiger partial charge in [-0.3, -0.25) is 0 Å². The van der Waals surface area contributed by atoms with Gasteiger partial charge in [0, 0.05) is 27.1 Å². The van der Waals surface area contributed by atoms with Crippen molar-refractivity contribution in [1.82, 2.24) is 5.09 Å². The average molecular weight is 445 g/mol. The first-order chi connectivity index (χ1) is 12.9. The fourth-order valence-corrected chi connectivity index (χ4v) is 5.88. The fraction of sp³-hybridized carbons (Fsp3) is 0.364. The first kappa shape index (κ1) is 18.8. The van der Waals surface area contributed by atoms with Gasteiger partial charge < -0.3 is 14.7 Å². The number of nitrogens with one attached hydrogen (secondary N) is 1. The van der Waals surface area contributed by atoms with Gasteiger partial charge in [0.25, 0.3) is 0 Å². The van der Waals surface area contributed by atoms with Crippen molar-refractivity contribution in [2.45, 2.75) is 32.5 Å². The number of benzene rings is 2. The van der Waals surface area contributed by atoms with Gasteiger partial charge in [-0.25, -0.2) is 0 Å². The van der Waals surface area contributed by atoms with Gasteiger partial charge in [-0.05, 0) is 50.1 Å². The van der Waals surface area contributed by atoms with Crippen LogP contribution in [0, 0.1) is 5.41 Å². The Morgan fingerprint density at radius 3 is 2.48 bits per heavy atom. The molecule has 0 spiro atoms. The minimum atomic E-state index is 0.198. The predicted molar refractivity (Wildman–Crippen MR) is 119 cm³/mol. The van der Waals surface area contributed by atoms with Gasteiger partial charge in [0.15, 0.2) is 0 Å². The molecule has 5 heteroatoms. The summed E-state index contributed by atoms with van der Waals surface area (Å²) < 4.78 is 6.86. The summed E-state index contributed by atoms with van der Waals surface area (Å²) in [7, 11) is 2.51. The number of nitrogens with zero attached hydrogens (tertiary/aromatic N) is 1. The van der Waals surface area contributed by atoms with Gasteiger partial charge in [-0.15, -0.1) is 0 Å². The quantitative estimate of drug-likeness (QED) is 0.597. The first-order valence-electron chi connectivity index (χ1n) is 9.30. The summed E-state index contributed by atoms with van der Waals surface area (Å²) in [5, 5.41) is 3.74. The molecule has 2 aliphatic rings. The third kappa shape index (κ3) is 3.39. The zero-order valence-corrected chi connectivity index (χ0v) is 18.8. The molecule has 0 radical (unpaired) electrons. The Morgan fingerprint density at radius 1 is 1.11 bits per heavy atom. The van der Waals surface area contributed by atoms with E-state index in [4.69, 9.17) is 4.74 Å². The number of hydrogen-bond acceptors (Lipinski definition) is 3. The van der Waals surface area contributed by atoms with Gasteiger partial charge >= 0.3 is 0 Å².